The molecule has 1 atom stereocenters. The van der Waals surface area contributed by atoms with Crippen LogP contribution in [-0.2, 0) is 4.79 Å². The maximum Gasteiger partial charge on any atom is 0.317 e. The molecule has 0 aromatic heterocycles. The van der Waals surface area contributed by atoms with Crippen LogP contribution in [0.15, 0.2) is 24.3 Å². The van der Waals surface area contributed by atoms with Gasteiger partial charge in [-0.15, -0.1) is 0 Å². The lowest BCUT2D eigenvalue weighted by molar-refractivity contribution is -0.165. The second-order valence-electron chi connectivity index (χ2n) is 7.32. The van der Waals surface area contributed by atoms with Gasteiger partial charge >= 0.3 is 5.97 Å². The number of rotatable bonds is 4. The maximum atomic E-state index is 13.0. The summed E-state index contributed by atoms with van der Waals surface area (Å²) in [6.45, 7) is 3.50. The van der Waals surface area contributed by atoms with E-state index in [2.05, 4.69) is 4.90 Å². The first-order chi connectivity index (χ1) is 11.2. The van der Waals surface area contributed by atoms with Crippen LogP contribution in [0.3, 0.4) is 0 Å². The van der Waals surface area contributed by atoms with Crippen LogP contribution in [-0.4, -0.2) is 37.6 Å². The highest BCUT2D eigenvalue weighted by atomic mass is 16.5. The standard InChI is InChI=1S/C19H25NO3/c1-22-15-4-2-5-16(12-15)23-18(21)19(8-3-9-19)17-13-20-10-6-14(17)7-11-20/h2,4-5,12,14,17H,3,6-11,13H2,1H3. The van der Waals surface area contributed by atoms with Gasteiger partial charge in [-0.2, -0.15) is 0 Å². The molecule has 3 aliphatic heterocycles. The molecule has 1 aromatic rings. The van der Waals surface area contributed by atoms with Gasteiger partial charge in [0.2, 0.25) is 0 Å². The van der Waals surface area contributed by atoms with E-state index in [-0.39, 0.29) is 11.4 Å². The first-order valence-electron chi connectivity index (χ1n) is 8.80. The van der Waals surface area contributed by atoms with Crippen LogP contribution in [0.5, 0.6) is 11.5 Å². The zero-order chi connectivity index (χ0) is 15.9. The fourth-order valence-electron chi connectivity index (χ4n) is 4.75. The minimum absolute atomic E-state index is 0.0178. The number of esters is 1. The molecule has 4 heteroatoms. The summed E-state index contributed by atoms with van der Waals surface area (Å²) < 4.78 is 11.0. The summed E-state index contributed by atoms with van der Waals surface area (Å²) in [6.07, 6.45) is 5.63. The second-order valence-corrected chi connectivity index (χ2v) is 7.32. The fraction of sp³-hybridized carbons (Fsp3) is 0.632. The Hall–Kier alpha value is -1.55. The molecule has 1 saturated carbocycles. The second kappa shape index (κ2) is 5.82. The Kier molecular flexibility index (Phi) is 3.80. The van der Waals surface area contributed by atoms with E-state index >= 15 is 0 Å². The largest absolute Gasteiger partial charge is 0.497 e. The molecule has 5 rings (SSSR count). The average molecular weight is 315 g/mol. The van der Waals surface area contributed by atoms with Crippen molar-refractivity contribution in [3.8, 4) is 11.5 Å². The van der Waals surface area contributed by atoms with E-state index in [4.69, 9.17) is 9.47 Å². The number of carbonyl (C=O) groups is 1. The summed E-state index contributed by atoms with van der Waals surface area (Å²) in [5.41, 5.74) is -0.243. The van der Waals surface area contributed by atoms with Crippen molar-refractivity contribution in [1.29, 1.82) is 0 Å². The summed E-state index contributed by atoms with van der Waals surface area (Å²) in [5, 5.41) is 0. The van der Waals surface area contributed by atoms with Crippen LogP contribution < -0.4 is 9.47 Å². The van der Waals surface area contributed by atoms with Gasteiger partial charge in [0.1, 0.15) is 11.5 Å². The lowest BCUT2D eigenvalue weighted by atomic mass is 9.55. The van der Waals surface area contributed by atoms with Gasteiger partial charge in [-0.25, -0.2) is 0 Å². The molecule has 1 aliphatic carbocycles. The van der Waals surface area contributed by atoms with Crippen molar-refractivity contribution >= 4 is 5.97 Å². The van der Waals surface area contributed by atoms with E-state index in [1.54, 1.807) is 13.2 Å². The molecular weight excluding hydrogens is 290 g/mol. The van der Waals surface area contributed by atoms with E-state index in [9.17, 15) is 4.79 Å². The number of hydrogen-bond acceptors (Lipinski definition) is 4. The normalized spacial score (nSPS) is 31.3. The van der Waals surface area contributed by atoms with Crippen molar-refractivity contribution < 1.29 is 14.3 Å². The monoisotopic (exact) mass is 315 g/mol. The number of hydrogen-bond donors (Lipinski definition) is 0. The van der Waals surface area contributed by atoms with Crippen LogP contribution in [0, 0.1) is 17.3 Å². The lowest BCUT2D eigenvalue weighted by Gasteiger charge is -2.55. The van der Waals surface area contributed by atoms with Gasteiger partial charge in [-0.3, -0.25) is 4.79 Å². The predicted octanol–water partition coefficient (Wildman–Crippen LogP) is 3.11. The van der Waals surface area contributed by atoms with Crippen molar-refractivity contribution in [3.05, 3.63) is 24.3 Å². The third-order valence-electron chi connectivity index (χ3n) is 6.27. The number of fused-ring (bicyclic) bond motifs is 3. The van der Waals surface area contributed by atoms with E-state index in [0.29, 0.717) is 17.6 Å². The highest BCUT2D eigenvalue weighted by Gasteiger charge is 2.56. The predicted molar refractivity (Wildman–Crippen MR) is 87.6 cm³/mol. The van der Waals surface area contributed by atoms with Crippen molar-refractivity contribution in [2.24, 2.45) is 17.3 Å². The Morgan fingerprint density at radius 3 is 2.52 bits per heavy atom. The SMILES string of the molecule is COc1cccc(OC(=O)C2(C3CN4CCC3CC4)CCC2)c1. The van der Waals surface area contributed by atoms with Crippen LogP contribution in [0.1, 0.15) is 32.1 Å². The highest BCUT2D eigenvalue weighted by molar-refractivity contribution is 5.80. The molecule has 1 aromatic carbocycles. The van der Waals surface area contributed by atoms with Crippen LogP contribution in [0.2, 0.25) is 0 Å². The third kappa shape index (κ3) is 2.53. The Balaban J connectivity index is 1.53. The molecule has 0 radical (unpaired) electrons. The maximum absolute atomic E-state index is 13.0. The molecule has 4 nitrogen and oxygen atoms in total. The Morgan fingerprint density at radius 1 is 1.22 bits per heavy atom. The smallest absolute Gasteiger partial charge is 0.317 e. The van der Waals surface area contributed by atoms with E-state index < -0.39 is 0 Å². The Bertz CT molecular complexity index is 588. The highest BCUT2D eigenvalue weighted by Crippen LogP contribution is 2.54. The van der Waals surface area contributed by atoms with Gasteiger partial charge in [0, 0.05) is 12.6 Å². The summed E-state index contributed by atoms with van der Waals surface area (Å²) in [5.74, 6) is 2.49. The van der Waals surface area contributed by atoms with Gasteiger partial charge in [0.25, 0.3) is 0 Å². The topological polar surface area (TPSA) is 38.8 Å². The zero-order valence-corrected chi connectivity index (χ0v) is 13.8. The van der Waals surface area contributed by atoms with E-state index in [1.165, 1.54) is 25.9 Å². The van der Waals surface area contributed by atoms with E-state index in [0.717, 1.165) is 31.6 Å². The number of carbonyl (C=O) groups excluding carboxylic acids is 1. The van der Waals surface area contributed by atoms with E-state index in [1.807, 2.05) is 18.2 Å². The summed E-state index contributed by atoms with van der Waals surface area (Å²) in [7, 11) is 1.63. The Morgan fingerprint density at radius 2 is 1.96 bits per heavy atom. The molecule has 1 unspecified atom stereocenters. The number of piperidine rings is 3. The van der Waals surface area contributed by atoms with Crippen LogP contribution >= 0.6 is 0 Å². The van der Waals surface area contributed by atoms with Gasteiger partial charge in [-0.1, -0.05) is 12.5 Å². The molecule has 0 N–H and O–H groups in total. The minimum Gasteiger partial charge on any atom is -0.497 e. The van der Waals surface area contributed by atoms with Crippen molar-refractivity contribution in [1.82, 2.24) is 4.90 Å². The minimum atomic E-state index is -0.243. The molecule has 4 aliphatic rings. The zero-order valence-electron chi connectivity index (χ0n) is 13.8. The van der Waals surface area contributed by atoms with Crippen molar-refractivity contribution in [3.63, 3.8) is 0 Å². The molecule has 0 amide bonds. The average Bonchev–Trinajstić information content (AvgIpc) is 2.55. The van der Waals surface area contributed by atoms with Gasteiger partial charge in [0.05, 0.1) is 12.5 Å². The van der Waals surface area contributed by atoms with Gasteiger partial charge in [-0.05, 0) is 62.7 Å². The summed E-state index contributed by atoms with van der Waals surface area (Å²) >= 11 is 0. The van der Waals surface area contributed by atoms with Crippen molar-refractivity contribution in [2.45, 2.75) is 32.1 Å². The lowest BCUT2D eigenvalue weighted by Crippen LogP contribution is -2.58. The number of nitrogens with zero attached hydrogens (tertiary/aromatic N) is 1. The molecule has 0 spiro atoms. The summed E-state index contributed by atoms with van der Waals surface area (Å²) in [4.78, 5) is 15.5. The molecule has 23 heavy (non-hydrogen) atoms. The number of benzene rings is 1. The molecule has 4 fully saturated rings. The molecule has 3 saturated heterocycles. The van der Waals surface area contributed by atoms with Crippen molar-refractivity contribution in [2.75, 3.05) is 26.7 Å². The summed E-state index contributed by atoms with van der Waals surface area (Å²) in [6, 6.07) is 7.36. The molecule has 3 heterocycles. The number of ether oxygens (including phenoxy) is 2. The molecular formula is C19H25NO3. The molecule has 124 valence electrons. The first kappa shape index (κ1) is 15.0. The van der Waals surface area contributed by atoms with Crippen LogP contribution in [0.4, 0.5) is 0 Å². The third-order valence-corrected chi connectivity index (χ3v) is 6.27. The van der Waals surface area contributed by atoms with Crippen LogP contribution in [0.25, 0.3) is 0 Å². The number of methoxy groups -OCH3 is 1. The first-order valence-corrected chi connectivity index (χ1v) is 8.80. The molecule has 2 bridgehead atoms. The fourth-order valence-corrected chi connectivity index (χ4v) is 4.75. The quantitative estimate of drug-likeness (QED) is 0.632. The van der Waals surface area contributed by atoms with Gasteiger partial charge < -0.3 is 14.4 Å². The Labute approximate surface area is 137 Å². The van der Waals surface area contributed by atoms with Gasteiger partial charge in [0.15, 0.2) is 0 Å².